The van der Waals surface area contributed by atoms with Crippen molar-refractivity contribution in [1.29, 1.82) is 0 Å². The number of aliphatic hydroxyl groups is 1. The zero-order chi connectivity index (χ0) is 15.3. The number of nitrogens with zero attached hydrogens (tertiary/aromatic N) is 1. The van der Waals surface area contributed by atoms with E-state index in [0.29, 0.717) is 19.4 Å². The molecule has 1 atom stereocenters. The van der Waals surface area contributed by atoms with E-state index in [0.717, 1.165) is 12.3 Å². The fourth-order valence-corrected chi connectivity index (χ4v) is 2.26. The lowest BCUT2D eigenvalue weighted by molar-refractivity contribution is -0.384. The van der Waals surface area contributed by atoms with Crippen LogP contribution in [0.3, 0.4) is 0 Å². The molecule has 1 aromatic carbocycles. The van der Waals surface area contributed by atoms with Crippen molar-refractivity contribution in [3.05, 3.63) is 28.3 Å². The fourth-order valence-electron chi connectivity index (χ4n) is 1.62. The van der Waals surface area contributed by atoms with E-state index >= 15 is 0 Å². The Bertz CT molecular complexity index is 586. The molecule has 8 heteroatoms. The maximum absolute atomic E-state index is 11.4. The molecule has 2 N–H and O–H groups in total. The van der Waals surface area contributed by atoms with Crippen LogP contribution < -0.4 is 5.32 Å². The van der Waals surface area contributed by atoms with Crippen molar-refractivity contribution in [3.63, 3.8) is 0 Å². The molecule has 0 fully saturated rings. The number of nitro groups is 1. The average Bonchev–Trinajstić information content (AvgIpc) is 2.37. The van der Waals surface area contributed by atoms with Gasteiger partial charge in [0.25, 0.3) is 5.69 Å². The van der Waals surface area contributed by atoms with Crippen LogP contribution in [0.2, 0.25) is 0 Å². The van der Waals surface area contributed by atoms with Gasteiger partial charge in [-0.1, -0.05) is 6.92 Å². The van der Waals surface area contributed by atoms with E-state index in [9.17, 15) is 23.6 Å². The summed E-state index contributed by atoms with van der Waals surface area (Å²) in [5, 5.41) is 23.2. The van der Waals surface area contributed by atoms with Crippen LogP contribution in [-0.2, 0) is 9.84 Å². The number of hydrogen-bond donors (Lipinski definition) is 2. The highest BCUT2D eigenvalue weighted by Gasteiger charge is 2.18. The first kappa shape index (κ1) is 16.4. The first-order valence-corrected chi connectivity index (χ1v) is 8.05. The maximum Gasteiger partial charge on any atom is 0.293 e. The minimum atomic E-state index is -3.49. The van der Waals surface area contributed by atoms with E-state index in [-0.39, 0.29) is 16.3 Å². The van der Waals surface area contributed by atoms with Crippen LogP contribution in [0, 0.1) is 10.1 Å². The lowest BCUT2D eigenvalue weighted by Gasteiger charge is -2.10. The molecule has 0 aromatic heterocycles. The van der Waals surface area contributed by atoms with Crippen LogP contribution >= 0.6 is 0 Å². The Hall–Kier alpha value is -1.67. The molecule has 0 radical (unpaired) electrons. The van der Waals surface area contributed by atoms with Crippen LogP contribution in [0.25, 0.3) is 0 Å². The van der Waals surface area contributed by atoms with Gasteiger partial charge in [0.2, 0.25) is 0 Å². The molecule has 112 valence electrons. The van der Waals surface area contributed by atoms with Crippen molar-refractivity contribution in [2.45, 2.75) is 30.8 Å². The number of aliphatic hydroxyl groups excluding tert-OH is 1. The van der Waals surface area contributed by atoms with Crippen molar-refractivity contribution in [2.75, 3.05) is 18.1 Å². The van der Waals surface area contributed by atoms with E-state index in [1.165, 1.54) is 12.1 Å². The van der Waals surface area contributed by atoms with Gasteiger partial charge in [-0.25, -0.2) is 8.42 Å². The average molecular weight is 302 g/mol. The highest BCUT2D eigenvalue weighted by molar-refractivity contribution is 7.90. The largest absolute Gasteiger partial charge is 0.393 e. The zero-order valence-corrected chi connectivity index (χ0v) is 12.2. The van der Waals surface area contributed by atoms with Gasteiger partial charge in [-0.3, -0.25) is 10.1 Å². The SMILES string of the molecule is CCC(O)CCNc1ccc(S(C)(=O)=O)cc1[N+](=O)[O-]. The molecule has 1 aromatic rings. The fraction of sp³-hybridized carbons (Fsp3) is 0.500. The third kappa shape index (κ3) is 4.46. The molecule has 0 heterocycles. The minimum absolute atomic E-state index is 0.0941. The van der Waals surface area contributed by atoms with E-state index in [1.54, 1.807) is 0 Å². The highest BCUT2D eigenvalue weighted by Crippen LogP contribution is 2.27. The Morgan fingerprint density at radius 1 is 1.45 bits per heavy atom. The molecule has 0 saturated heterocycles. The second-order valence-corrected chi connectivity index (χ2v) is 6.50. The van der Waals surface area contributed by atoms with Gasteiger partial charge in [-0.2, -0.15) is 0 Å². The Labute approximate surface area is 117 Å². The summed E-state index contributed by atoms with van der Waals surface area (Å²) >= 11 is 0. The lowest BCUT2D eigenvalue weighted by Crippen LogP contribution is -2.13. The second kappa shape index (κ2) is 6.67. The molecule has 0 aliphatic rings. The summed E-state index contributed by atoms with van der Waals surface area (Å²) in [6.07, 6.45) is 1.60. The van der Waals surface area contributed by atoms with Crippen LogP contribution in [0.1, 0.15) is 19.8 Å². The highest BCUT2D eigenvalue weighted by atomic mass is 32.2. The van der Waals surface area contributed by atoms with Crippen molar-refractivity contribution >= 4 is 21.2 Å². The maximum atomic E-state index is 11.4. The lowest BCUT2D eigenvalue weighted by atomic mass is 10.2. The smallest absolute Gasteiger partial charge is 0.293 e. The Balaban J connectivity index is 2.94. The molecule has 0 saturated carbocycles. The number of nitro benzene ring substituents is 1. The monoisotopic (exact) mass is 302 g/mol. The predicted molar refractivity (Wildman–Crippen MR) is 75.6 cm³/mol. The molecule has 1 rings (SSSR count). The van der Waals surface area contributed by atoms with Gasteiger partial charge in [0, 0.05) is 18.9 Å². The first-order valence-electron chi connectivity index (χ1n) is 6.16. The summed E-state index contributed by atoms with van der Waals surface area (Å²) in [5.41, 5.74) is -0.0513. The first-order chi connectivity index (χ1) is 9.25. The molecule has 1 unspecified atom stereocenters. The summed E-state index contributed by atoms with van der Waals surface area (Å²) < 4.78 is 22.8. The van der Waals surface area contributed by atoms with Gasteiger partial charge in [0.15, 0.2) is 9.84 Å². The van der Waals surface area contributed by atoms with Crippen molar-refractivity contribution in [2.24, 2.45) is 0 Å². The summed E-state index contributed by atoms with van der Waals surface area (Å²) in [4.78, 5) is 10.2. The van der Waals surface area contributed by atoms with Gasteiger partial charge < -0.3 is 10.4 Å². The number of sulfone groups is 1. The Kier molecular flexibility index (Phi) is 5.46. The Morgan fingerprint density at radius 2 is 2.10 bits per heavy atom. The van der Waals surface area contributed by atoms with E-state index in [1.807, 2.05) is 6.92 Å². The van der Waals surface area contributed by atoms with Crippen LogP contribution in [-0.4, -0.2) is 37.4 Å². The van der Waals surface area contributed by atoms with E-state index in [4.69, 9.17) is 0 Å². The predicted octanol–water partition coefficient (Wildman–Crippen LogP) is 1.57. The molecule has 0 aliphatic heterocycles. The van der Waals surface area contributed by atoms with Crippen molar-refractivity contribution < 1.29 is 18.4 Å². The quantitative estimate of drug-likeness (QED) is 0.584. The van der Waals surface area contributed by atoms with E-state index in [2.05, 4.69) is 5.32 Å². The van der Waals surface area contributed by atoms with Crippen molar-refractivity contribution in [1.82, 2.24) is 0 Å². The summed E-state index contributed by atoms with van der Waals surface area (Å²) in [6.45, 7) is 2.21. The topological polar surface area (TPSA) is 110 Å². The summed E-state index contributed by atoms with van der Waals surface area (Å²) in [5.74, 6) is 0. The number of benzene rings is 1. The number of hydrogen-bond acceptors (Lipinski definition) is 6. The molecule has 0 spiro atoms. The molecule has 20 heavy (non-hydrogen) atoms. The van der Waals surface area contributed by atoms with Gasteiger partial charge >= 0.3 is 0 Å². The summed E-state index contributed by atoms with van der Waals surface area (Å²) in [7, 11) is -3.49. The molecular formula is C12H18N2O5S. The van der Waals surface area contributed by atoms with Crippen LogP contribution in [0.4, 0.5) is 11.4 Å². The van der Waals surface area contributed by atoms with Gasteiger partial charge in [0.05, 0.1) is 15.9 Å². The standard InChI is InChI=1S/C12H18N2O5S/c1-3-9(15)6-7-13-11-5-4-10(20(2,18)19)8-12(11)14(16)17/h4-5,8-9,13,15H,3,6-7H2,1-2H3. The van der Waals surface area contributed by atoms with Gasteiger partial charge in [-0.05, 0) is 25.0 Å². The second-order valence-electron chi connectivity index (χ2n) is 4.49. The van der Waals surface area contributed by atoms with Crippen molar-refractivity contribution in [3.8, 4) is 0 Å². The summed E-state index contributed by atoms with van der Waals surface area (Å²) in [6, 6.07) is 3.72. The van der Waals surface area contributed by atoms with Crippen LogP contribution in [0.15, 0.2) is 23.1 Å². The normalized spacial score (nSPS) is 12.9. The third-order valence-corrected chi connectivity index (χ3v) is 3.97. The van der Waals surface area contributed by atoms with Crippen LogP contribution in [0.5, 0.6) is 0 Å². The molecule has 0 amide bonds. The third-order valence-electron chi connectivity index (χ3n) is 2.86. The molecular weight excluding hydrogens is 284 g/mol. The molecule has 0 bridgehead atoms. The molecule has 0 aliphatic carbocycles. The molecule has 7 nitrogen and oxygen atoms in total. The van der Waals surface area contributed by atoms with E-state index < -0.39 is 20.9 Å². The number of rotatable bonds is 7. The minimum Gasteiger partial charge on any atom is -0.393 e. The van der Waals surface area contributed by atoms with Gasteiger partial charge in [0.1, 0.15) is 5.69 Å². The Morgan fingerprint density at radius 3 is 2.60 bits per heavy atom. The number of anilines is 1. The van der Waals surface area contributed by atoms with Gasteiger partial charge in [-0.15, -0.1) is 0 Å². The number of nitrogens with one attached hydrogen (secondary N) is 1. The zero-order valence-electron chi connectivity index (χ0n) is 11.4.